The van der Waals surface area contributed by atoms with Gasteiger partial charge in [0.05, 0.1) is 0 Å². The quantitative estimate of drug-likeness (QED) is 0.433. The van der Waals surface area contributed by atoms with Crippen LogP contribution in [0.3, 0.4) is 0 Å². The number of hydrogen-bond acceptors (Lipinski definition) is 4. The Balaban J connectivity index is 2.59. The van der Waals surface area contributed by atoms with Gasteiger partial charge in [-0.15, -0.1) is 0 Å². The van der Waals surface area contributed by atoms with Crippen LogP contribution in [0.1, 0.15) is 0 Å². The minimum Gasteiger partial charge on any atom is -0.337 e. The SMILES string of the molecule is C[Si]1N[Si](C)N[Si](C)(C)N[Si](C)N1. The molecule has 4 N–H and O–H groups in total. The van der Waals surface area contributed by atoms with Crippen molar-refractivity contribution in [3.05, 3.63) is 0 Å². The van der Waals surface area contributed by atoms with Crippen molar-refractivity contribution in [2.45, 2.75) is 32.7 Å². The van der Waals surface area contributed by atoms with Gasteiger partial charge in [-0.05, 0) is 32.7 Å². The van der Waals surface area contributed by atoms with Crippen LogP contribution in [0.2, 0.25) is 32.7 Å². The van der Waals surface area contributed by atoms with Gasteiger partial charge in [0.1, 0.15) is 0 Å². The molecule has 0 aromatic rings. The maximum absolute atomic E-state index is 3.75. The van der Waals surface area contributed by atoms with Crippen molar-refractivity contribution >= 4 is 35.8 Å². The van der Waals surface area contributed by atoms with Gasteiger partial charge in [-0.2, -0.15) is 0 Å². The Morgan fingerprint density at radius 2 is 1.15 bits per heavy atom. The fourth-order valence-corrected chi connectivity index (χ4v) is 16.9. The second-order valence-corrected chi connectivity index (χ2v) is 15.0. The van der Waals surface area contributed by atoms with Crippen molar-refractivity contribution in [1.82, 2.24) is 18.6 Å². The molecule has 1 rings (SSSR count). The lowest BCUT2D eigenvalue weighted by atomic mass is 11.9. The zero-order valence-electron chi connectivity index (χ0n) is 9.00. The monoisotopic (exact) mass is 247 g/mol. The van der Waals surface area contributed by atoms with E-state index in [2.05, 4.69) is 51.3 Å². The Kier molecular flexibility index (Phi) is 4.06. The van der Waals surface area contributed by atoms with E-state index in [0.717, 1.165) is 0 Å². The van der Waals surface area contributed by atoms with Gasteiger partial charge in [0.15, 0.2) is 8.40 Å². The highest BCUT2D eigenvalue weighted by atomic mass is 28.4. The highest BCUT2D eigenvalue weighted by molar-refractivity contribution is 6.92. The third-order valence-electron chi connectivity index (χ3n) is 1.75. The summed E-state index contributed by atoms with van der Waals surface area (Å²) in [6.07, 6.45) is 0. The van der Waals surface area contributed by atoms with Crippen molar-refractivity contribution in [2.24, 2.45) is 0 Å². The van der Waals surface area contributed by atoms with Crippen LogP contribution in [-0.2, 0) is 0 Å². The minimum absolute atomic E-state index is 0.511. The smallest absolute Gasteiger partial charge is 0.208 e. The van der Waals surface area contributed by atoms with Gasteiger partial charge in [0, 0.05) is 0 Å². The Bertz CT molecular complexity index is 162. The van der Waals surface area contributed by atoms with Crippen LogP contribution in [0.4, 0.5) is 0 Å². The molecule has 1 saturated heterocycles. The predicted octanol–water partition coefficient (Wildman–Crippen LogP) is -0.586. The molecule has 13 heavy (non-hydrogen) atoms. The number of hydrogen-bond donors (Lipinski definition) is 4. The molecule has 1 aliphatic rings. The van der Waals surface area contributed by atoms with E-state index >= 15 is 0 Å². The summed E-state index contributed by atoms with van der Waals surface area (Å²) in [5.41, 5.74) is 0. The molecular weight excluding hydrogens is 228 g/mol. The first kappa shape index (κ1) is 11.8. The van der Waals surface area contributed by atoms with Crippen molar-refractivity contribution < 1.29 is 0 Å². The molecule has 1 fully saturated rings. The van der Waals surface area contributed by atoms with E-state index in [0.29, 0.717) is 0 Å². The van der Waals surface area contributed by atoms with E-state index in [4.69, 9.17) is 0 Å². The molecule has 75 valence electrons. The van der Waals surface area contributed by atoms with Gasteiger partial charge < -0.3 is 18.6 Å². The molecule has 0 unspecified atom stereocenters. The minimum atomic E-state index is -1.35. The molecule has 0 aromatic carbocycles. The van der Waals surface area contributed by atoms with Gasteiger partial charge in [-0.25, -0.2) is 0 Å². The molecule has 0 amide bonds. The maximum atomic E-state index is 3.75. The van der Waals surface area contributed by atoms with E-state index < -0.39 is 35.8 Å². The van der Waals surface area contributed by atoms with Crippen LogP contribution in [0.5, 0.6) is 0 Å². The van der Waals surface area contributed by atoms with Crippen LogP contribution >= 0.6 is 0 Å². The Labute approximate surface area is 87.3 Å². The first-order valence-corrected chi connectivity index (χ1v) is 13.5. The summed E-state index contributed by atoms with van der Waals surface area (Å²) in [4.78, 5) is 0. The first-order valence-electron chi connectivity index (χ1n) is 4.50. The molecule has 8 heteroatoms. The van der Waals surface area contributed by atoms with E-state index in [1.807, 2.05) is 0 Å². The molecule has 4 nitrogen and oxygen atoms in total. The molecule has 3 radical (unpaired) electrons. The molecule has 0 saturated carbocycles. The van der Waals surface area contributed by atoms with Crippen molar-refractivity contribution in [3.8, 4) is 0 Å². The molecule has 1 aliphatic heterocycles. The predicted molar refractivity (Wildman–Crippen MR) is 64.9 cm³/mol. The van der Waals surface area contributed by atoms with Gasteiger partial charge in [-0.1, -0.05) is 0 Å². The van der Waals surface area contributed by atoms with Crippen molar-refractivity contribution in [2.75, 3.05) is 0 Å². The summed E-state index contributed by atoms with van der Waals surface area (Å²) in [5.74, 6) is 0. The summed E-state index contributed by atoms with van der Waals surface area (Å²) >= 11 is 0. The standard InChI is InChI=1S/C5H19N4Si4/c1-10-6-11(2)8-13(4,5)9-12(3)7-10/h6-9H,1-5H3. The molecule has 0 aromatic heterocycles. The van der Waals surface area contributed by atoms with Gasteiger partial charge >= 0.3 is 0 Å². The average molecular weight is 248 g/mol. The van der Waals surface area contributed by atoms with Crippen LogP contribution < -0.4 is 18.6 Å². The third-order valence-corrected chi connectivity index (χ3v) is 15.8. The molecule has 0 aliphatic carbocycles. The molecule has 0 atom stereocenters. The number of nitrogens with one attached hydrogen (secondary N) is 4. The van der Waals surface area contributed by atoms with E-state index in [-0.39, 0.29) is 0 Å². The Morgan fingerprint density at radius 1 is 0.769 bits per heavy atom. The lowest BCUT2D eigenvalue weighted by Gasteiger charge is -2.36. The maximum Gasteiger partial charge on any atom is 0.208 e. The summed E-state index contributed by atoms with van der Waals surface area (Å²) in [6, 6.07) is 0. The number of rotatable bonds is 0. The lowest BCUT2D eigenvalue weighted by Crippen LogP contribution is -2.76. The summed E-state index contributed by atoms with van der Waals surface area (Å²) in [6.45, 7) is 11.6. The second-order valence-electron chi connectivity index (χ2n) is 4.00. The highest BCUT2D eigenvalue weighted by Crippen LogP contribution is 1.95. The van der Waals surface area contributed by atoms with Crippen LogP contribution in [0.25, 0.3) is 0 Å². The second kappa shape index (κ2) is 4.48. The van der Waals surface area contributed by atoms with Gasteiger partial charge in [-0.3, -0.25) is 0 Å². The Morgan fingerprint density at radius 3 is 1.54 bits per heavy atom. The topological polar surface area (TPSA) is 48.1 Å². The van der Waals surface area contributed by atoms with Crippen molar-refractivity contribution in [3.63, 3.8) is 0 Å². The lowest BCUT2D eigenvalue weighted by molar-refractivity contribution is 1.12. The average Bonchev–Trinajstić information content (AvgIpc) is 1.78. The van der Waals surface area contributed by atoms with Gasteiger partial charge in [0.25, 0.3) is 0 Å². The van der Waals surface area contributed by atoms with E-state index in [9.17, 15) is 0 Å². The third kappa shape index (κ3) is 4.16. The van der Waals surface area contributed by atoms with Crippen LogP contribution in [-0.4, -0.2) is 35.8 Å². The fourth-order valence-electron chi connectivity index (χ4n) is 1.62. The zero-order valence-corrected chi connectivity index (χ0v) is 13.0. The van der Waals surface area contributed by atoms with E-state index in [1.165, 1.54) is 0 Å². The summed E-state index contributed by atoms with van der Waals surface area (Å²) in [5, 5.41) is 0. The normalized spacial score (nSPS) is 28.4. The van der Waals surface area contributed by atoms with Crippen molar-refractivity contribution in [1.29, 1.82) is 0 Å². The molecule has 1 heterocycles. The highest BCUT2D eigenvalue weighted by Gasteiger charge is 2.30. The largest absolute Gasteiger partial charge is 0.337 e. The Hall–Kier alpha value is 0.708. The van der Waals surface area contributed by atoms with Crippen LogP contribution in [0, 0.1) is 0 Å². The summed E-state index contributed by atoms with van der Waals surface area (Å²) in [7, 11) is -2.92. The molecule has 0 spiro atoms. The molecular formula is C5H19N4Si4. The first-order chi connectivity index (χ1) is 5.89. The fraction of sp³-hybridized carbons (Fsp3) is 1.00. The summed E-state index contributed by atoms with van der Waals surface area (Å²) < 4.78 is 14.8. The van der Waals surface area contributed by atoms with E-state index in [1.54, 1.807) is 0 Å². The van der Waals surface area contributed by atoms with Crippen LogP contribution in [0.15, 0.2) is 0 Å². The zero-order chi connectivity index (χ0) is 10.1. The van der Waals surface area contributed by atoms with Gasteiger partial charge in [0.2, 0.25) is 27.4 Å². The molecule has 0 bridgehead atoms.